The van der Waals surface area contributed by atoms with Crippen molar-refractivity contribution in [3.05, 3.63) is 41.6 Å². The molecule has 0 bridgehead atoms. The smallest absolute Gasteiger partial charge is 0.258 e. The van der Waals surface area contributed by atoms with Crippen LogP contribution in [0, 0.1) is 0 Å². The lowest BCUT2D eigenvalue weighted by molar-refractivity contribution is 0.432. The summed E-state index contributed by atoms with van der Waals surface area (Å²) in [6.45, 7) is 0. The van der Waals surface area contributed by atoms with E-state index in [1.807, 2.05) is 30.3 Å². The van der Waals surface area contributed by atoms with Gasteiger partial charge in [-0.15, -0.1) is 0 Å². The monoisotopic (exact) mass is 246 g/mol. The maximum atomic E-state index is 5.91. The van der Waals surface area contributed by atoms with Gasteiger partial charge in [-0.1, -0.05) is 35.0 Å². The zero-order valence-electron chi connectivity index (χ0n) is 8.59. The predicted octanol–water partition coefficient (Wildman–Crippen LogP) is 2.78. The molecule has 0 unspecified atom stereocenters. The number of aromatic nitrogens is 4. The number of nitrogens with one attached hydrogen (secondary N) is 1. The van der Waals surface area contributed by atoms with Crippen LogP contribution < -0.4 is 0 Å². The maximum absolute atomic E-state index is 5.91. The average molecular weight is 247 g/mol. The molecule has 2 aromatic heterocycles. The number of H-pyrrole nitrogens is 1. The van der Waals surface area contributed by atoms with E-state index in [-0.39, 0.29) is 0 Å². The molecule has 0 spiro atoms. The molecule has 3 aromatic rings. The molecule has 0 saturated carbocycles. The zero-order chi connectivity index (χ0) is 11.7. The Morgan fingerprint density at radius 3 is 2.71 bits per heavy atom. The Kier molecular flexibility index (Phi) is 2.38. The molecule has 0 radical (unpaired) electrons. The lowest BCUT2D eigenvalue weighted by Gasteiger charge is -1.90. The van der Waals surface area contributed by atoms with Crippen LogP contribution in [0.5, 0.6) is 0 Å². The molecule has 0 aliphatic carbocycles. The van der Waals surface area contributed by atoms with Gasteiger partial charge in [0, 0.05) is 5.56 Å². The zero-order valence-corrected chi connectivity index (χ0v) is 9.35. The first-order chi connectivity index (χ1) is 8.34. The molecule has 0 aliphatic heterocycles. The standard InChI is InChI=1S/C11H7ClN4O/c12-8-6-13-15-9(8)10-14-11(17-16-10)7-4-2-1-3-5-7/h1-6H,(H,13,15). The minimum atomic E-state index is 0.395. The van der Waals surface area contributed by atoms with E-state index >= 15 is 0 Å². The lowest BCUT2D eigenvalue weighted by Crippen LogP contribution is -1.82. The fraction of sp³-hybridized carbons (Fsp3) is 0. The largest absolute Gasteiger partial charge is 0.334 e. The number of hydrogen-bond donors (Lipinski definition) is 1. The van der Waals surface area contributed by atoms with E-state index in [4.69, 9.17) is 16.1 Å². The molecule has 5 nitrogen and oxygen atoms in total. The summed E-state index contributed by atoms with van der Waals surface area (Å²) in [6, 6.07) is 9.52. The van der Waals surface area contributed by atoms with Crippen molar-refractivity contribution in [1.29, 1.82) is 0 Å². The summed E-state index contributed by atoms with van der Waals surface area (Å²) < 4.78 is 5.16. The Balaban J connectivity index is 2.02. The van der Waals surface area contributed by atoms with Crippen LogP contribution in [0.3, 0.4) is 0 Å². The minimum Gasteiger partial charge on any atom is -0.334 e. The fourth-order valence-corrected chi connectivity index (χ4v) is 1.63. The van der Waals surface area contributed by atoms with E-state index in [1.54, 1.807) is 0 Å². The van der Waals surface area contributed by atoms with E-state index in [9.17, 15) is 0 Å². The molecule has 2 heterocycles. The van der Waals surface area contributed by atoms with Crippen molar-refractivity contribution in [3.63, 3.8) is 0 Å². The van der Waals surface area contributed by atoms with Gasteiger partial charge >= 0.3 is 0 Å². The quantitative estimate of drug-likeness (QED) is 0.755. The van der Waals surface area contributed by atoms with Crippen LogP contribution in [-0.4, -0.2) is 20.3 Å². The van der Waals surface area contributed by atoms with Crippen molar-refractivity contribution in [2.45, 2.75) is 0 Å². The molecule has 84 valence electrons. The van der Waals surface area contributed by atoms with E-state index in [2.05, 4.69) is 20.3 Å². The maximum Gasteiger partial charge on any atom is 0.258 e. The molecular formula is C11H7ClN4O. The van der Waals surface area contributed by atoms with Gasteiger partial charge in [0.05, 0.1) is 11.2 Å². The van der Waals surface area contributed by atoms with Crippen molar-refractivity contribution < 1.29 is 4.52 Å². The summed E-state index contributed by atoms with van der Waals surface area (Å²) in [6.07, 6.45) is 1.50. The van der Waals surface area contributed by atoms with Crippen LogP contribution in [0.25, 0.3) is 23.0 Å². The SMILES string of the molecule is Clc1cn[nH]c1-c1noc(-c2ccccc2)n1. The summed E-state index contributed by atoms with van der Waals surface area (Å²) in [4.78, 5) is 4.25. The highest BCUT2D eigenvalue weighted by atomic mass is 35.5. The van der Waals surface area contributed by atoms with E-state index in [1.165, 1.54) is 6.20 Å². The predicted molar refractivity (Wildman–Crippen MR) is 62.3 cm³/mol. The third-order valence-corrected chi connectivity index (χ3v) is 2.55. The second-order valence-electron chi connectivity index (χ2n) is 3.38. The molecule has 0 saturated heterocycles. The highest BCUT2D eigenvalue weighted by molar-refractivity contribution is 6.32. The average Bonchev–Trinajstić information content (AvgIpc) is 2.98. The van der Waals surface area contributed by atoms with Crippen LogP contribution in [-0.2, 0) is 0 Å². The van der Waals surface area contributed by atoms with Crippen molar-refractivity contribution in [1.82, 2.24) is 20.3 Å². The Hall–Kier alpha value is -2.14. The number of nitrogens with zero attached hydrogens (tertiary/aromatic N) is 3. The first-order valence-corrected chi connectivity index (χ1v) is 5.31. The number of hydrogen-bond acceptors (Lipinski definition) is 4. The molecule has 3 rings (SSSR count). The Morgan fingerprint density at radius 1 is 1.18 bits per heavy atom. The molecule has 1 N–H and O–H groups in total. The van der Waals surface area contributed by atoms with Crippen molar-refractivity contribution in [2.75, 3.05) is 0 Å². The number of rotatable bonds is 2. The second-order valence-corrected chi connectivity index (χ2v) is 3.79. The summed E-state index contributed by atoms with van der Waals surface area (Å²) in [5.41, 5.74) is 1.42. The van der Waals surface area contributed by atoms with Crippen molar-refractivity contribution >= 4 is 11.6 Å². The molecule has 0 atom stereocenters. The van der Waals surface area contributed by atoms with E-state index in [0.717, 1.165) is 5.56 Å². The first-order valence-electron chi connectivity index (χ1n) is 4.93. The van der Waals surface area contributed by atoms with Crippen LogP contribution in [0.2, 0.25) is 5.02 Å². The van der Waals surface area contributed by atoms with E-state index in [0.29, 0.717) is 22.4 Å². The fourth-order valence-electron chi connectivity index (χ4n) is 1.45. The van der Waals surface area contributed by atoms with E-state index < -0.39 is 0 Å². The third-order valence-electron chi connectivity index (χ3n) is 2.26. The lowest BCUT2D eigenvalue weighted by atomic mass is 10.2. The van der Waals surface area contributed by atoms with Crippen LogP contribution in [0.15, 0.2) is 41.1 Å². The van der Waals surface area contributed by atoms with Gasteiger partial charge in [0.1, 0.15) is 5.69 Å². The van der Waals surface area contributed by atoms with Gasteiger partial charge in [-0.2, -0.15) is 10.1 Å². The van der Waals surface area contributed by atoms with Crippen LogP contribution >= 0.6 is 11.6 Å². The first kappa shape index (κ1) is 10.0. The highest BCUT2D eigenvalue weighted by Gasteiger charge is 2.14. The summed E-state index contributed by atoms with van der Waals surface area (Å²) in [7, 11) is 0. The minimum absolute atomic E-state index is 0.395. The van der Waals surface area contributed by atoms with Crippen LogP contribution in [0.4, 0.5) is 0 Å². The third kappa shape index (κ3) is 1.81. The summed E-state index contributed by atoms with van der Waals surface area (Å²) in [5.74, 6) is 0.845. The van der Waals surface area contributed by atoms with Gasteiger partial charge in [0.15, 0.2) is 0 Å². The number of benzene rings is 1. The molecule has 0 amide bonds. The second kappa shape index (κ2) is 4.03. The van der Waals surface area contributed by atoms with Gasteiger partial charge in [0.25, 0.3) is 5.89 Å². The molecule has 1 aromatic carbocycles. The van der Waals surface area contributed by atoms with Crippen LogP contribution in [0.1, 0.15) is 0 Å². The molecular weight excluding hydrogens is 240 g/mol. The van der Waals surface area contributed by atoms with Gasteiger partial charge in [-0.3, -0.25) is 5.10 Å². The number of aromatic amines is 1. The van der Waals surface area contributed by atoms with Crippen molar-refractivity contribution in [3.8, 4) is 23.0 Å². The topological polar surface area (TPSA) is 67.6 Å². The highest BCUT2D eigenvalue weighted by Crippen LogP contribution is 2.25. The Bertz CT molecular complexity index is 632. The molecule has 17 heavy (non-hydrogen) atoms. The normalized spacial score (nSPS) is 10.6. The van der Waals surface area contributed by atoms with Gasteiger partial charge in [-0.25, -0.2) is 0 Å². The molecule has 0 fully saturated rings. The Labute approximate surface area is 101 Å². The van der Waals surface area contributed by atoms with Gasteiger partial charge in [-0.05, 0) is 12.1 Å². The molecule has 6 heteroatoms. The van der Waals surface area contributed by atoms with Gasteiger partial charge < -0.3 is 4.52 Å². The molecule has 0 aliphatic rings. The summed E-state index contributed by atoms with van der Waals surface area (Å²) in [5, 5.41) is 10.8. The Morgan fingerprint density at radius 2 is 2.00 bits per heavy atom. The van der Waals surface area contributed by atoms with Crippen molar-refractivity contribution in [2.24, 2.45) is 0 Å². The van der Waals surface area contributed by atoms with Gasteiger partial charge in [0.2, 0.25) is 5.82 Å². The summed E-state index contributed by atoms with van der Waals surface area (Å²) >= 11 is 5.91. The number of halogens is 1.